The molecule has 91 valence electrons. The normalized spacial score (nSPS) is 21.6. The van der Waals surface area contributed by atoms with Crippen LogP contribution in [0.25, 0.3) is 5.57 Å². The zero-order valence-electron chi connectivity index (χ0n) is 11.0. The Balaban J connectivity index is 2.09. The van der Waals surface area contributed by atoms with Gasteiger partial charge in [0.2, 0.25) is 0 Å². The van der Waals surface area contributed by atoms with Gasteiger partial charge in [0.1, 0.15) is 0 Å². The SMILES string of the molecule is Cc1ccc(/C2=[C]/CCCCCCCC2)cc1. The Labute approximate surface area is 106 Å². The molecule has 0 fully saturated rings. The number of hydrogen-bond acceptors (Lipinski definition) is 0. The average molecular weight is 227 g/mol. The first-order valence-corrected chi connectivity index (χ1v) is 7.03. The van der Waals surface area contributed by atoms with Crippen LogP contribution in [-0.2, 0) is 0 Å². The van der Waals surface area contributed by atoms with E-state index in [4.69, 9.17) is 0 Å². The Morgan fingerprint density at radius 2 is 1.47 bits per heavy atom. The van der Waals surface area contributed by atoms with Gasteiger partial charge < -0.3 is 0 Å². The maximum atomic E-state index is 3.64. The van der Waals surface area contributed by atoms with E-state index >= 15 is 0 Å². The standard InChI is InChI=1S/C17H23/c1-15-11-13-17(14-12-15)16-9-7-5-3-2-4-6-8-10-16/h11-14H,2-9H2,1H3. The minimum Gasteiger partial charge on any atom is -0.0587 e. The summed E-state index contributed by atoms with van der Waals surface area (Å²) in [6.07, 6.45) is 14.2. The van der Waals surface area contributed by atoms with Gasteiger partial charge in [-0.05, 0) is 49.8 Å². The fourth-order valence-corrected chi connectivity index (χ4v) is 2.46. The molecular weight excluding hydrogens is 204 g/mol. The lowest BCUT2D eigenvalue weighted by Gasteiger charge is -2.10. The van der Waals surface area contributed by atoms with Gasteiger partial charge in [-0.2, -0.15) is 0 Å². The second-order valence-electron chi connectivity index (χ2n) is 5.14. The summed E-state index contributed by atoms with van der Waals surface area (Å²) in [5, 5.41) is 0. The van der Waals surface area contributed by atoms with Crippen LogP contribution in [0.15, 0.2) is 24.3 Å². The largest absolute Gasteiger partial charge is 0.0587 e. The maximum absolute atomic E-state index is 3.64. The smallest absolute Gasteiger partial charge is 0.0221 e. The summed E-state index contributed by atoms with van der Waals surface area (Å²) in [5.74, 6) is 0. The van der Waals surface area contributed by atoms with Crippen molar-refractivity contribution in [2.24, 2.45) is 0 Å². The van der Waals surface area contributed by atoms with Crippen LogP contribution in [0, 0.1) is 13.0 Å². The van der Waals surface area contributed by atoms with E-state index in [9.17, 15) is 0 Å². The van der Waals surface area contributed by atoms with Crippen molar-refractivity contribution in [1.29, 1.82) is 0 Å². The molecule has 0 N–H and O–H groups in total. The number of allylic oxidation sites excluding steroid dienone is 2. The molecule has 0 atom stereocenters. The molecule has 0 aliphatic heterocycles. The molecule has 0 saturated carbocycles. The van der Waals surface area contributed by atoms with Crippen LogP contribution in [0.1, 0.15) is 62.5 Å². The van der Waals surface area contributed by atoms with Gasteiger partial charge in [-0.25, -0.2) is 0 Å². The summed E-state index contributed by atoms with van der Waals surface area (Å²) < 4.78 is 0. The lowest BCUT2D eigenvalue weighted by molar-refractivity contribution is 0.592. The van der Waals surface area contributed by atoms with Crippen molar-refractivity contribution in [2.45, 2.75) is 58.3 Å². The fourth-order valence-electron chi connectivity index (χ4n) is 2.46. The van der Waals surface area contributed by atoms with E-state index < -0.39 is 0 Å². The van der Waals surface area contributed by atoms with E-state index in [1.165, 1.54) is 61.6 Å². The molecule has 0 amide bonds. The first-order valence-electron chi connectivity index (χ1n) is 7.03. The Bertz CT molecular complexity index is 356. The van der Waals surface area contributed by atoms with Gasteiger partial charge in [0.25, 0.3) is 0 Å². The molecule has 0 aromatic heterocycles. The molecule has 0 heteroatoms. The van der Waals surface area contributed by atoms with Crippen molar-refractivity contribution in [3.05, 3.63) is 41.5 Å². The third-order valence-corrected chi connectivity index (χ3v) is 3.59. The molecule has 0 spiro atoms. The van der Waals surface area contributed by atoms with Gasteiger partial charge in [-0.3, -0.25) is 0 Å². The Morgan fingerprint density at radius 3 is 2.24 bits per heavy atom. The molecule has 1 radical (unpaired) electrons. The summed E-state index contributed by atoms with van der Waals surface area (Å²) in [5.41, 5.74) is 4.18. The molecule has 0 unspecified atom stereocenters. The first-order chi connectivity index (χ1) is 8.36. The zero-order chi connectivity index (χ0) is 11.9. The van der Waals surface area contributed by atoms with Crippen LogP contribution in [0.3, 0.4) is 0 Å². The summed E-state index contributed by atoms with van der Waals surface area (Å²) in [6.45, 7) is 2.15. The quantitative estimate of drug-likeness (QED) is 0.609. The average Bonchev–Trinajstić information content (AvgIpc) is 2.37. The van der Waals surface area contributed by atoms with E-state index in [1.54, 1.807) is 0 Å². The van der Waals surface area contributed by atoms with Crippen molar-refractivity contribution in [3.8, 4) is 0 Å². The Kier molecular flexibility index (Phi) is 4.85. The summed E-state index contributed by atoms with van der Waals surface area (Å²) >= 11 is 0. The Hall–Kier alpha value is -1.04. The van der Waals surface area contributed by atoms with Crippen LogP contribution in [-0.4, -0.2) is 0 Å². The first kappa shape index (κ1) is 12.4. The number of rotatable bonds is 1. The van der Waals surface area contributed by atoms with Crippen molar-refractivity contribution in [1.82, 2.24) is 0 Å². The number of aryl methyl sites for hydroxylation is 1. The van der Waals surface area contributed by atoms with Crippen molar-refractivity contribution < 1.29 is 0 Å². The second kappa shape index (κ2) is 6.64. The highest BCUT2D eigenvalue weighted by Crippen LogP contribution is 2.24. The molecule has 2 rings (SSSR count). The number of benzene rings is 1. The van der Waals surface area contributed by atoms with Crippen LogP contribution < -0.4 is 0 Å². The molecule has 1 aromatic rings. The van der Waals surface area contributed by atoms with Gasteiger partial charge in [0, 0.05) is 0 Å². The predicted molar refractivity (Wildman–Crippen MR) is 74.8 cm³/mol. The molecule has 0 nitrogen and oxygen atoms in total. The monoisotopic (exact) mass is 227 g/mol. The molecule has 0 bridgehead atoms. The summed E-state index contributed by atoms with van der Waals surface area (Å²) in [4.78, 5) is 0. The van der Waals surface area contributed by atoms with E-state index in [1.807, 2.05) is 0 Å². The highest BCUT2D eigenvalue weighted by molar-refractivity contribution is 5.63. The second-order valence-corrected chi connectivity index (χ2v) is 5.14. The third kappa shape index (κ3) is 4.03. The molecule has 1 aliphatic rings. The van der Waals surface area contributed by atoms with Crippen LogP contribution in [0.2, 0.25) is 0 Å². The summed E-state index contributed by atoms with van der Waals surface area (Å²) in [7, 11) is 0. The van der Waals surface area contributed by atoms with Crippen molar-refractivity contribution in [3.63, 3.8) is 0 Å². The Morgan fingerprint density at radius 1 is 0.824 bits per heavy atom. The van der Waals surface area contributed by atoms with Crippen LogP contribution in [0.5, 0.6) is 0 Å². The maximum Gasteiger partial charge on any atom is -0.0221 e. The predicted octanol–water partition coefficient (Wildman–Crippen LogP) is 5.32. The highest BCUT2D eigenvalue weighted by atomic mass is 14.1. The fraction of sp³-hybridized carbons (Fsp3) is 0.529. The minimum absolute atomic E-state index is 1.14. The van der Waals surface area contributed by atoms with E-state index in [2.05, 4.69) is 37.3 Å². The lowest BCUT2D eigenvalue weighted by atomic mass is 9.95. The van der Waals surface area contributed by atoms with Gasteiger partial charge in [-0.15, -0.1) is 0 Å². The highest BCUT2D eigenvalue weighted by Gasteiger charge is 2.03. The molecule has 0 heterocycles. The third-order valence-electron chi connectivity index (χ3n) is 3.59. The molecule has 1 aliphatic carbocycles. The number of hydrogen-bond donors (Lipinski definition) is 0. The van der Waals surface area contributed by atoms with E-state index in [0.717, 1.165) is 6.42 Å². The van der Waals surface area contributed by atoms with Crippen molar-refractivity contribution in [2.75, 3.05) is 0 Å². The molecule has 17 heavy (non-hydrogen) atoms. The van der Waals surface area contributed by atoms with Crippen LogP contribution >= 0.6 is 0 Å². The van der Waals surface area contributed by atoms with E-state index in [0.29, 0.717) is 0 Å². The van der Waals surface area contributed by atoms with Gasteiger partial charge in [-0.1, -0.05) is 55.5 Å². The van der Waals surface area contributed by atoms with Crippen molar-refractivity contribution >= 4 is 5.57 Å². The zero-order valence-corrected chi connectivity index (χ0v) is 11.0. The molecule has 0 saturated heterocycles. The van der Waals surface area contributed by atoms with E-state index in [-0.39, 0.29) is 0 Å². The molecule has 1 aromatic carbocycles. The van der Waals surface area contributed by atoms with Gasteiger partial charge >= 0.3 is 0 Å². The van der Waals surface area contributed by atoms with Gasteiger partial charge in [0.15, 0.2) is 0 Å². The molecular formula is C17H23. The lowest BCUT2D eigenvalue weighted by Crippen LogP contribution is -1.90. The van der Waals surface area contributed by atoms with Gasteiger partial charge in [0.05, 0.1) is 0 Å². The summed E-state index contributed by atoms with van der Waals surface area (Å²) in [6, 6.07) is 8.93. The topological polar surface area (TPSA) is 0 Å². The van der Waals surface area contributed by atoms with Crippen LogP contribution in [0.4, 0.5) is 0 Å². The minimum atomic E-state index is 1.14.